The van der Waals surface area contributed by atoms with Gasteiger partial charge in [0, 0.05) is 18.7 Å². The first kappa shape index (κ1) is 22.9. The molecule has 158 valence electrons. The van der Waals surface area contributed by atoms with Gasteiger partial charge in [0.25, 0.3) is 5.91 Å². The van der Waals surface area contributed by atoms with Gasteiger partial charge in [0.1, 0.15) is 0 Å². The van der Waals surface area contributed by atoms with Crippen LogP contribution in [0.1, 0.15) is 41.8 Å². The van der Waals surface area contributed by atoms with E-state index in [0.717, 1.165) is 17.5 Å². The topological polar surface area (TPSA) is 75.7 Å². The summed E-state index contributed by atoms with van der Waals surface area (Å²) >= 11 is 0. The van der Waals surface area contributed by atoms with Gasteiger partial charge in [-0.3, -0.25) is 9.10 Å². The number of hydrogen-bond donors (Lipinski definition) is 1. The number of aryl methyl sites for hydroxylation is 1. The van der Waals surface area contributed by atoms with Crippen LogP contribution in [0, 0.1) is 6.92 Å². The normalized spacial score (nSPS) is 11.5. The molecule has 0 saturated heterocycles. The Balaban J connectivity index is 2.00. The van der Waals surface area contributed by atoms with E-state index in [-0.39, 0.29) is 18.6 Å². The van der Waals surface area contributed by atoms with Gasteiger partial charge in [-0.05, 0) is 62.6 Å². The zero-order chi connectivity index (χ0) is 21.4. The van der Waals surface area contributed by atoms with Crippen molar-refractivity contribution in [2.24, 2.45) is 0 Å². The summed E-state index contributed by atoms with van der Waals surface area (Å²) in [7, 11) is -3.44. The van der Waals surface area contributed by atoms with Crippen molar-refractivity contribution in [3.8, 4) is 0 Å². The molecule has 29 heavy (non-hydrogen) atoms. The van der Waals surface area contributed by atoms with Crippen LogP contribution < -0.4 is 9.62 Å². The van der Waals surface area contributed by atoms with E-state index in [1.165, 1.54) is 10.6 Å². The van der Waals surface area contributed by atoms with Crippen molar-refractivity contribution in [3.63, 3.8) is 0 Å². The number of nitrogens with one attached hydrogen (secondary N) is 1. The summed E-state index contributed by atoms with van der Waals surface area (Å²) in [6, 6.07) is 14.4. The number of nitrogens with zero attached hydrogens (tertiary/aromatic N) is 1. The van der Waals surface area contributed by atoms with Gasteiger partial charge in [-0.2, -0.15) is 0 Å². The molecule has 0 saturated carbocycles. The number of anilines is 1. The molecule has 1 amide bonds. The maximum atomic E-state index is 12.3. The third-order valence-corrected chi connectivity index (χ3v) is 5.43. The second-order valence-electron chi connectivity index (χ2n) is 7.33. The summed E-state index contributed by atoms with van der Waals surface area (Å²) in [6.07, 6.45) is 2.13. The van der Waals surface area contributed by atoms with Crippen molar-refractivity contribution in [3.05, 3.63) is 65.2 Å². The second kappa shape index (κ2) is 10.4. The number of carbonyl (C=O) groups is 1. The number of amides is 1. The molecule has 0 atom stereocenters. The zero-order valence-corrected chi connectivity index (χ0v) is 18.3. The molecule has 6 nitrogen and oxygen atoms in total. The second-order valence-corrected chi connectivity index (χ2v) is 9.24. The molecule has 0 spiro atoms. The highest BCUT2D eigenvalue weighted by Gasteiger charge is 2.18. The molecule has 1 N–H and O–H groups in total. The summed E-state index contributed by atoms with van der Waals surface area (Å²) in [5, 5.41) is 2.86. The first-order valence-electron chi connectivity index (χ1n) is 9.70. The minimum absolute atomic E-state index is 0.153. The van der Waals surface area contributed by atoms with Crippen LogP contribution in [0.15, 0.2) is 48.5 Å². The molecule has 0 aliphatic carbocycles. The predicted octanol–water partition coefficient (Wildman–Crippen LogP) is 3.51. The average Bonchev–Trinajstić information content (AvgIpc) is 2.65. The third-order valence-electron chi connectivity index (χ3n) is 4.29. The molecular formula is C22H30N2O4S. The van der Waals surface area contributed by atoms with Gasteiger partial charge in [0.05, 0.1) is 24.6 Å². The fraction of sp³-hybridized carbons (Fsp3) is 0.409. The maximum absolute atomic E-state index is 12.3. The van der Waals surface area contributed by atoms with E-state index in [4.69, 9.17) is 4.74 Å². The molecule has 7 heteroatoms. The van der Waals surface area contributed by atoms with Crippen molar-refractivity contribution in [1.82, 2.24) is 5.32 Å². The Morgan fingerprint density at radius 2 is 1.83 bits per heavy atom. The predicted molar refractivity (Wildman–Crippen MR) is 117 cm³/mol. The number of ether oxygens (including phenoxy) is 1. The number of carbonyl (C=O) groups excluding carboxylic acids is 1. The Hall–Kier alpha value is -2.38. The first-order valence-corrected chi connectivity index (χ1v) is 11.5. The standard InChI is InChI=1S/C22H30N2O4S/c1-17(2)28-14-6-13-23-22(25)20-11-9-19(10-12-20)16-24(29(4,26)27)21-8-5-7-18(3)15-21/h5,7-12,15,17H,6,13-14,16H2,1-4H3,(H,23,25). The molecule has 2 aromatic carbocycles. The fourth-order valence-corrected chi connectivity index (χ4v) is 3.69. The smallest absolute Gasteiger partial charge is 0.251 e. The SMILES string of the molecule is Cc1cccc(N(Cc2ccc(C(=O)NCCCOC(C)C)cc2)S(C)(=O)=O)c1. The van der Waals surface area contributed by atoms with Gasteiger partial charge in [0.2, 0.25) is 10.0 Å². The molecule has 0 fully saturated rings. The lowest BCUT2D eigenvalue weighted by Gasteiger charge is -2.23. The highest BCUT2D eigenvalue weighted by atomic mass is 32.2. The number of benzene rings is 2. The Morgan fingerprint density at radius 3 is 2.41 bits per heavy atom. The highest BCUT2D eigenvalue weighted by molar-refractivity contribution is 7.92. The minimum atomic E-state index is -3.44. The van der Waals surface area contributed by atoms with Crippen LogP contribution in [0.25, 0.3) is 0 Å². The van der Waals surface area contributed by atoms with E-state index in [1.54, 1.807) is 30.3 Å². The van der Waals surface area contributed by atoms with Crippen LogP contribution in [0.2, 0.25) is 0 Å². The third kappa shape index (κ3) is 7.51. The quantitative estimate of drug-likeness (QED) is 0.599. The van der Waals surface area contributed by atoms with Crippen molar-refractivity contribution in [2.75, 3.05) is 23.7 Å². The zero-order valence-electron chi connectivity index (χ0n) is 17.5. The molecular weight excluding hydrogens is 388 g/mol. The van der Waals surface area contributed by atoms with E-state index < -0.39 is 10.0 Å². The molecule has 0 aliphatic rings. The fourth-order valence-electron chi connectivity index (χ4n) is 2.81. The van der Waals surface area contributed by atoms with Crippen molar-refractivity contribution < 1.29 is 17.9 Å². The van der Waals surface area contributed by atoms with Crippen molar-refractivity contribution >= 4 is 21.6 Å². The van der Waals surface area contributed by atoms with E-state index in [0.29, 0.717) is 24.4 Å². The largest absolute Gasteiger partial charge is 0.379 e. The van der Waals surface area contributed by atoms with Gasteiger partial charge in [-0.1, -0.05) is 24.3 Å². The van der Waals surface area contributed by atoms with E-state index in [2.05, 4.69) is 5.32 Å². The molecule has 0 heterocycles. The molecule has 0 bridgehead atoms. The molecule has 0 unspecified atom stereocenters. The van der Waals surface area contributed by atoms with Gasteiger partial charge >= 0.3 is 0 Å². The monoisotopic (exact) mass is 418 g/mol. The highest BCUT2D eigenvalue weighted by Crippen LogP contribution is 2.21. The average molecular weight is 419 g/mol. The van der Waals surface area contributed by atoms with E-state index in [9.17, 15) is 13.2 Å². The van der Waals surface area contributed by atoms with Crippen LogP contribution in [-0.2, 0) is 21.3 Å². The lowest BCUT2D eigenvalue weighted by molar-refractivity contribution is 0.0757. The Morgan fingerprint density at radius 1 is 1.14 bits per heavy atom. The summed E-state index contributed by atoms with van der Waals surface area (Å²) in [5.41, 5.74) is 2.96. The van der Waals surface area contributed by atoms with Gasteiger partial charge < -0.3 is 10.1 Å². The van der Waals surface area contributed by atoms with Crippen LogP contribution in [-0.4, -0.2) is 39.8 Å². The molecule has 2 rings (SSSR count). The molecule has 2 aromatic rings. The van der Waals surface area contributed by atoms with E-state index in [1.807, 2.05) is 39.0 Å². The van der Waals surface area contributed by atoms with Crippen LogP contribution in [0.5, 0.6) is 0 Å². The van der Waals surface area contributed by atoms with Crippen LogP contribution >= 0.6 is 0 Å². The summed E-state index contributed by atoms with van der Waals surface area (Å²) in [6.45, 7) is 7.23. The Bertz CT molecular complexity index is 909. The first-order chi connectivity index (χ1) is 13.7. The minimum Gasteiger partial charge on any atom is -0.379 e. The molecule has 0 radical (unpaired) electrons. The van der Waals surface area contributed by atoms with E-state index >= 15 is 0 Å². The maximum Gasteiger partial charge on any atom is 0.251 e. The molecule has 0 aliphatic heterocycles. The van der Waals surface area contributed by atoms with Crippen LogP contribution in [0.3, 0.4) is 0 Å². The lowest BCUT2D eigenvalue weighted by atomic mass is 10.1. The number of hydrogen-bond acceptors (Lipinski definition) is 4. The summed E-state index contributed by atoms with van der Waals surface area (Å²) in [5.74, 6) is -0.153. The Kier molecular flexibility index (Phi) is 8.22. The Labute approximate surface area is 173 Å². The summed E-state index contributed by atoms with van der Waals surface area (Å²) in [4.78, 5) is 12.2. The van der Waals surface area contributed by atoms with Crippen molar-refractivity contribution in [2.45, 2.75) is 39.8 Å². The van der Waals surface area contributed by atoms with Gasteiger partial charge in [-0.25, -0.2) is 8.42 Å². The van der Waals surface area contributed by atoms with Gasteiger partial charge in [0.15, 0.2) is 0 Å². The lowest BCUT2D eigenvalue weighted by Crippen LogP contribution is -2.29. The number of rotatable bonds is 10. The van der Waals surface area contributed by atoms with Crippen LogP contribution in [0.4, 0.5) is 5.69 Å². The molecule has 0 aromatic heterocycles. The number of sulfonamides is 1. The summed E-state index contributed by atoms with van der Waals surface area (Å²) < 4.78 is 31.4. The van der Waals surface area contributed by atoms with Crippen molar-refractivity contribution in [1.29, 1.82) is 0 Å². The van der Waals surface area contributed by atoms with Gasteiger partial charge in [-0.15, -0.1) is 0 Å².